The maximum Gasteiger partial charge on any atom is 0.0667 e. The zero-order chi connectivity index (χ0) is 10.2. The first-order valence-corrected chi connectivity index (χ1v) is 6.13. The van der Waals surface area contributed by atoms with E-state index in [1.54, 1.807) is 0 Å². The smallest absolute Gasteiger partial charge is 0.0667 e. The molecule has 0 aromatic heterocycles. The van der Waals surface area contributed by atoms with Crippen molar-refractivity contribution in [2.75, 3.05) is 0 Å². The summed E-state index contributed by atoms with van der Waals surface area (Å²) in [6.45, 7) is 10.9. The van der Waals surface area contributed by atoms with Crippen LogP contribution in [0.2, 0.25) is 0 Å². The van der Waals surface area contributed by atoms with Gasteiger partial charge in [-0.1, -0.05) is 48.9 Å². The molecule has 1 rings (SSSR count). The number of allylic oxidation sites excluding steroid dienone is 1. The highest BCUT2D eigenvalue weighted by atomic mass is 79.9. The van der Waals surface area contributed by atoms with E-state index in [2.05, 4.69) is 43.3 Å². The van der Waals surface area contributed by atoms with Gasteiger partial charge in [-0.2, -0.15) is 0 Å². The lowest BCUT2D eigenvalue weighted by Crippen LogP contribution is -2.33. The van der Waals surface area contributed by atoms with Crippen LogP contribution >= 0.6 is 27.5 Å². The molecule has 0 N–H and O–H groups in total. The molecule has 0 spiro atoms. The van der Waals surface area contributed by atoms with Crippen molar-refractivity contribution < 1.29 is 0 Å². The van der Waals surface area contributed by atoms with Crippen LogP contribution in [0.25, 0.3) is 0 Å². The highest BCUT2D eigenvalue weighted by molar-refractivity contribution is 9.09. The zero-order valence-corrected chi connectivity index (χ0v) is 11.0. The molecule has 3 unspecified atom stereocenters. The molecule has 1 saturated carbocycles. The molecule has 0 aromatic rings. The minimum Gasteiger partial charge on any atom is -0.117 e. The second kappa shape index (κ2) is 3.94. The van der Waals surface area contributed by atoms with Crippen LogP contribution in [0, 0.1) is 11.3 Å². The van der Waals surface area contributed by atoms with Crippen molar-refractivity contribution in [3.63, 3.8) is 0 Å². The number of alkyl halides is 2. The first kappa shape index (κ1) is 11.6. The van der Waals surface area contributed by atoms with Gasteiger partial charge in [0, 0.05) is 4.83 Å². The Labute approximate surface area is 94.9 Å². The molecule has 0 radical (unpaired) electrons. The molecule has 0 aliphatic heterocycles. The van der Waals surface area contributed by atoms with Gasteiger partial charge in [0.25, 0.3) is 0 Å². The quantitative estimate of drug-likeness (QED) is 0.451. The molecular formula is C11H18BrCl. The summed E-state index contributed by atoms with van der Waals surface area (Å²) in [7, 11) is 0. The summed E-state index contributed by atoms with van der Waals surface area (Å²) in [4.78, 5) is 0.402. The lowest BCUT2D eigenvalue weighted by molar-refractivity contribution is 0.209. The Morgan fingerprint density at radius 3 is 2.38 bits per heavy atom. The van der Waals surface area contributed by atoms with Crippen molar-refractivity contribution in [3.05, 3.63) is 12.2 Å². The van der Waals surface area contributed by atoms with Crippen LogP contribution in [0.3, 0.4) is 0 Å². The van der Waals surface area contributed by atoms with Gasteiger partial charge in [-0.05, 0) is 24.2 Å². The molecule has 3 atom stereocenters. The highest BCUT2D eigenvalue weighted by Crippen LogP contribution is 2.43. The Bertz CT molecular complexity index is 205. The van der Waals surface area contributed by atoms with Crippen molar-refractivity contribution in [2.45, 2.75) is 43.8 Å². The summed E-state index contributed by atoms with van der Waals surface area (Å²) < 4.78 is 0. The Morgan fingerprint density at radius 2 is 2.00 bits per heavy atom. The van der Waals surface area contributed by atoms with Crippen molar-refractivity contribution in [3.8, 4) is 0 Å². The summed E-state index contributed by atoms with van der Waals surface area (Å²) in [5.41, 5.74) is 1.56. The fourth-order valence-electron chi connectivity index (χ4n) is 1.82. The Morgan fingerprint density at radius 1 is 1.46 bits per heavy atom. The van der Waals surface area contributed by atoms with E-state index in [1.165, 1.54) is 5.57 Å². The van der Waals surface area contributed by atoms with E-state index in [0.29, 0.717) is 16.2 Å². The fraction of sp³-hybridized carbons (Fsp3) is 0.818. The van der Waals surface area contributed by atoms with Gasteiger partial charge in [0.1, 0.15) is 0 Å². The third-order valence-corrected chi connectivity index (χ3v) is 4.77. The number of halogens is 2. The third-order valence-electron chi connectivity index (χ3n) is 2.95. The third kappa shape index (κ3) is 2.73. The predicted octanol–water partition coefficient (Wildman–Crippen LogP) is 4.37. The summed E-state index contributed by atoms with van der Waals surface area (Å²) >= 11 is 9.82. The van der Waals surface area contributed by atoms with Gasteiger partial charge in [0.15, 0.2) is 0 Å². The SMILES string of the molecule is C=C1CC(C(C)(C)C)CC(Br)C1Cl. The number of hydrogen-bond acceptors (Lipinski definition) is 0. The average Bonchev–Trinajstić information content (AvgIpc) is 1.97. The molecule has 0 saturated heterocycles. The van der Waals surface area contributed by atoms with E-state index in [9.17, 15) is 0 Å². The predicted molar refractivity (Wildman–Crippen MR) is 63.7 cm³/mol. The van der Waals surface area contributed by atoms with Crippen LogP contribution in [0.5, 0.6) is 0 Å². The Balaban J connectivity index is 2.69. The minimum atomic E-state index is 0.124. The van der Waals surface area contributed by atoms with E-state index in [1.807, 2.05) is 0 Å². The van der Waals surface area contributed by atoms with Crippen LogP contribution in [-0.2, 0) is 0 Å². The molecule has 1 aliphatic carbocycles. The molecule has 0 amide bonds. The van der Waals surface area contributed by atoms with Gasteiger partial charge in [-0.15, -0.1) is 11.6 Å². The van der Waals surface area contributed by atoms with Gasteiger partial charge in [0.2, 0.25) is 0 Å². The largest absolute Gasteiger partial charge is 0.117 e. The molecule has 1 fully saturated rings. The van der Waals surface area contributed by atoms with E-state index in [4.69, 9.17) is 11.6 Å². The normalized spacial score (nSPS) is 36.4. The maximum atomic E-state index is 6.19. The molecule has 13 heavy (non-hydrogen) atoms. The van der Waals surface area contributed by atoms with Crippen LogP contribution in [-0.4, -0.2) is 10.2 Å². The van der Waals surface area contributed by atoms with Crippen LogP contribution in [0.4, 0.5) is 0 Å². The molecule has 0 bridgehead atoms. The maximum absolute atomic E-state index is 6.19. The summed E-state index contributed by atoms with van der Waals surface area (Å²) in [6, 6.07) is 0. The van der Waals surface area contributed by atoms with Crippen LogP contribution in [0.1, 0.15) is 33.6 Å². The van der Waals surface area contributed by atoms with Gasteiger partial charge in [-0.25, -0.2) is 0 Å². The topological polar surface area (TPSA) is 0 Å². The second-order valence-corrected chi connectivity index (χ2v) is 6.73. The van der Waals surface area contributed by atoms with Crippen LogP contribution in [0.15, 0.2) is 12.2 Å². The van der Waals surface area contributed by atoms with E-state index in [-0.39, 0.29) is 5.38 Å². The van der Waals surface area contributed by atoms with Crippen molar-refractivity contribution in [1.82, 2.24) is 0 Å². The van der Waals surface area contributed by atoms with E-state index >= 15 is 0 Å². The first-order chi connectivity index (χ1) is 5.82. The minimum absolute atomic E-state index is 0.124. The van der Waals surface area contributed by atoms with Crippen LogP contribution < -0.4 is 0 Å². The van der Waals surface area contributed by atoms with Gasteiger partial charge < -0.3 is 0 Å². The van der Waals surface area contributed by atoms with Gasteiger partial charge in [0.05, 0.1) is 5.38 Å². The molecule has 0 heterocycles. The van der Waals surface area contributed by atoms with Crippen molar-refractivity contribution in [2.24, 2.45) is 11.3 Å². The molecular weight excluding hydrogens is 247 g/mol. The molecule has 2 heteroatoms. The molecule has 76 valence electrons. The number of rotatable bonds is 0. The Kier molecular flexibility index (Phi) is 3.51. The average molecular weight is 266 g/mol. The summed E-state index contributed by atoms with van der Waals surface area (Å²) in [6.07, 6.45) is 2.25. The van der Waals surface area contributed by atoms with E-state index in [0.717, 1.165) is 12.8 Å². The van der Waals surface area contributed by atoms with Crippen molar-refractivity contribution in [1.29, 1.82) is 0 Å². The molecule has 0 aromatic carbocycles. The van der Waals surface area contributed by atoms with Gasteiger partial charge >= 0.3 is 0 Å². The summed E-state index contributed by atoms with van der Waals surface area (Å²) in [5, 5.41) is 0.124. The van der Waals surface area contributed by atoms with Crippen molar-refractivity contribution >= 4 is 27.5 Å². The first-order valence-electron chi connectivity index (χ1n) is 4.78. The lowest BCUT2D eigenvalue weighted by Gasteiger charge is -2.39. The molecule has 1 aliphatic rings. The standard InChI is InChI=1S/C11H18BrCl/c1-7-5-8(11(2,3)4)6-9(12)10(7)13/h8-10H,1,5-6H2,2-4H3. The highest BCUT2D eigenvalue weighted by Gasteiger charge is 2.35. The fourth-order valence-corrected chi connectivity index (χ4v) is 2.84. The molecule has 0 nitrogen and oxygen atoms in total. The summed E-state index contributed by atoms with van der Waals surface area (Å²) in [5.74, 6) is 0.708. The van der Waals surface area contributed by atoms with E-state index < -0.39 is 0 Å². The lowest BCUT2D eigenvalue weighted by atomic mass is 9.71. The Hall–Kier alpha value is 0.510. The second-order valence-electron chi connectivity index (χ2n) is 5.08. The zero-order valence-electron chi connectivity index (χ0n) is 8.61. The van der Waals surface area contributed by atoms with Gasteiger partial charge in [-0.3, -0.25) is 0 Å². The number of hydrogen-bond donors (Lipinski definition) is 0. The monoisotopic (exact) mass is 264 g/mol.